The Labute approximate surface area is 107 Å². The summed E-state index contributed by atoms with van der Waals surface area (Å²) in [5.74, 6) is 0. The first-order valence-corrected chi connectivity index (χ1v) is 6.80. The zero-order chi connectivity index (χ0) is 12.3. The predicted octanol–water partition coefficient (Wildman–Crippen LogP) is 3.46. The summed E-state index contributed by atoms with van der Waals surface area (Å²) in [4.78, 5) is 5.73. The molecule has 0 fully saturated rings. The summed E-state index contributed by atoms with van der Waals surface area (Å²) in [6, 6.07) is 6.68. The number of hydrogen-bond acceptors (Lipinski definition) is 3. The van der Waals surface area contributed by atoms with Crippen LogP contribution >= 0.6 is 11.3 Å². The zero-order valence-electron chi connectivity index (χ0n) is 10.5. The molecular formula is C14H18N2S. The molecule has 0 aliphatic rings. The van der Waals surface area contributed by atoms with E-state index in [9.17, 15) is 0 Å². The van der Waals surface area contributed by atoms with Gasteiger partial charge in [0.25, 0.3) is 0 Å². The van der Waals surface area contributed by atoms with Crippen molar-refractivity contribution in [2.45, 2.75) is 26.8 Å². The highest BCUT2D eigenvalue weighted by molar-refractivity contribution is 7.10. The summed E-state index contributed by atoms with van der Waals surface area (Å²) in [6.07, 6.45) is 1.85. The molecular weight excluding hydrogens is 228 g/mol. The Morgan fingerprint density at radius 1 is 1.41 bits per heavy atom. The molecule has 1 N–H and O–H groups in total. The lowest BCUT2D eigenvalue weighted by Gasteiger charge is -2.18. The first kappa shape index (κ1) is 12.3. The molecule has 2 rings (SSSR count). The van der Waals surface area contributed by atoms with Gasteiger partial charge < -0.3 is 5.32 Å². The van der Waals surface area contributed by atoms with Crippen LogP contribution in [-0.4, -0.2) is 11.5 Å². The Morgan fingerprint density at radius 3 is 2.82 bits per heavy atom. The van der Waals surface area contributed by atoms with Gasteiger partial charge in [0.1, 0.15) is 0 Å². The Balaban J connectivity index is 2.39. The van der Waals surface area contributed by atoms with E-state index in [2.05, 4.69) is 48.6 Å². The van der Waals surface area contributed by atoms with Crippen LogP contribution in [0.1, 0.15) is 34.7 Å². The fourth-order valence-electron chi connectivity index (χ4n) is 2.03. The van der Waals surface area contributed by atoms with Crippen molar-refractivity contribution in [3.63, 3.8) is 0 Å². The van der Waals surface area contributed by atoms with E-state index in [0.29, 0.717) is 0 Å². The number of hydrogen-bond donors (Lipinski definition) is 1. The second kappa shape index (κ2) is 5.43. The lowest BCUT2D eigenvalue weighted by molar-refractivity contribution is 0.626. The molecule has 0 amide bonds. The molecule has 0 aliphatic carbocycles. The SMILES string of the molecule is CCNC(c1csc(C)c1)c1cccnc1C. The minimum absolute atomic E-state index is 0.263. The van der Waals surface area contributed by atoms with Crippen LogP contribution in [0.5, 0.6) is 0 Å². The van der Waals surface area contributed by atoms with E-state index in [1.54, 1.807) is 11.3 Å². The van der Waals surface area contributed by atoms with Crippen LogP contribution in [0.2, 0.25) is 0 Å². The smallest absolute Gasteiger partial charge is 0.0602 e. The number of aryl methyl sites for hydroxylation is 2. The average molecular weight is 246 g/mol. The maximum Gasteiger partial charge on any atom is 0.0602 e. The van der Waals surface area contributed by atoms with Crippen LogP contribution in [0, 0.1) is 13.8 Å². The molecule has 0 aliphatic heterocycles. The number of nitrogens with zero attached hydrogens (tertiary/aromatic N) is 1. The van der Waals surface area contributed by atoms with Crippen LogP contribution in [0.4, 0.5) is 0 Å². The van der Waals surface area contributed by atoms with Gasteiger partial charge in [-0.1, -0.05) is 13.0 Å². The van der Waals surface area contributed by atoms with Crippen LogP contribution in [0.15, 0.2) is 29.8 Å². The summed E-state index contributed by atoms with van der Waals surface area (Å²) < 4.78 is 0. The van der Waals surface area contributed by atoms with Gasteiger partial charge in [-0.25, -0.2) is 0 Å². The van der Waals surface area contributed by atoms with Crippen LogP contribution in [0.25, 0.3) is 0 Å². The van der Waals surface area contributed by atoms with E-state index < -0.39 is 0 Å². The molecule has 0 aromatic carbocycles. The molecule has 17 heavy (non-hydrogen) atoms. The minimum Gasteiger partial charge on any atom is -0.306 e. The van der Waals surface area contributed by atoms with E-state index in [-0.39, 0.29) is 6.04 Å². The van der Waals surface area contributed by atoms with E-state index in [4.69, 9.17) is 0 Å². The third-order valence-corrected chi connectivity index (χ3v) is 3.73. The van der Waals surface area contributed by atoms with Gasteiger partial charge in [-0.3, -0.25) is 4.98 Å². The molecule has 1 unspecified atom stereocenters. The van der Waals surface area contributed by atoms with Gasteiger partial charge in [-0.05, 0) is 49.0 Å². The summed E-state index contributed by atoms with van der Waals surface area (Å²) in [6.45, 7) is 7.30. The van der Waals surface area contributed by atoms with E-state index in [0.717, 1.165) is 12.2 Å². The molecule has 90 valence electrons. The van der Waals surface area contributed by atoms with E-state index in [1.165, 1.54) is 16.0 Å². The quantitative estimate of drug-likeness (QED) is 0.893. The molecule has 0 spiro atoms. The molecule has 2 aromatic heterocycles. The highest BCUT2D eigenvalue weighted by Crippen LogP contribution is 2.27. The minimum atomic E-state index is 0.263. The van der Waals surface area contributed by atoms with Crippen molar-refractivity contribution in [2.75, 3.05) is 6.54 Å². The molecule has 3 heteroatoms. The van der Waals surface area contributed by atoms with Crippen LogP contribution < -0.4 is 5.32 Å². The molecule has 0 saturated heterocycles. The third-order valence-electron chi connectivity index (χ3n) is 2.85. The average Bonchev–Trinajstić information content (AvgIpc) is 2.74. The van der Waals surface area contributed by atoms with Crippen molar-refractivity contribution in [1.29, 1.82) is 0 Å². The van der Waals surface area contributed by atoms with Crippen molar-refractivity contribution in [3.8, 4) is 0 Å². The topological polar surface area (TPSA) is 24.9 Å². The van der Waals surface area contributed by atoms with Crippen LogP contribution in [-0.2, 0) is 0 Å². The lowest BCUT2D eigenvalue weighted by Crippen LogP contribution is -2.22. The monoisotopic (exact) mass is 246 g/mol. The van der Waals surface area contributed by atoms with Gasteiger partial charge >= 0.3 is 0 Å². The molecule has 0 bridgehead atoms. The number of thiophene rings is 1. The lowest BCUT2D eigenvalue weighted by atomic mass is 10.00. The first-order chi connectivity index (χ1) is 8.22. The highest BCUT2D eigenvalue weighted by Gasteiger charge is 2.16. The van der Waals surface area contributed by atoms with Crippen molar-refractivity contribution in [2.24, 2.45) is 0 Å². The van der Waals surface area contributed by atoms with Gasteiger partial charge in [0.05, 0.1) is 6.04 Å². The summed E-state index contributed by atoms with van der Waals surface area (Å²) in [5.41, 5.74) is 3.71. The maximum absolute atomic E-state index is 4.38. The molecule has 0 saturated carbocycles. The Morgan fingerprint density at radius 2 is 2.24 bits per heavy atom. The molecule has 1 atom stereocenters. The summed E-state index contributed by atoms with van der Waals surface area (Å²) in [5, 5.41) is 5.77. The van der Waals surface area contributed by atoms with Gasteiger partial charge in [0.15, 0.2) is 0 Å². The predicted molar refractivity (Wildman–Crippen MR) is 73.5 cm³/mol. The van der Waals surface area contributed by atoms with Gasteiger partial charge in [-0.15, -0.1) is 11.3 Å². The molecule has 2 nitrogen and oxygen atoms in total. The Hall–Kier alpha value is -1.19. The molecule has 0 radical (unpaired) electrons. The number of nitrogens with one attached hydrogen (secondary N) is 1. The zero-order valence-corrected chi connectivity index (χ0v) is 11.3. The largest absolute Gasteiger partial charge is 0.306 e. The van der Waals surface area contributed by atoms with Crippen molar-refractivity contribution >= 4 is 11.3 Å². The van der Waals surface area contributed by atoms with Crippen molar-refractivity contribution < 1.29 is 0 Å². The Kier molecular flexibility index (Phi) is 3.92. The van der Waals surface area contributed by atoms with Gasteiger partial charge in [0, 0.05) is 16.8 Å². The molecule has 2 aromatic rings. The summed E-state index contributed by atoms with van der Waals surface area (Å²) >= 11 is 1.80. The summed E-state index contributed by atoms with van der Waals surface area (Å²) in [7, 11) is 0. The number of rotatable bonds is 4. The normalized spacial score (nSPS) is 12.6. The fraction of sp³-hybridized carbons (Fsp3) is 0.357. The maximum atomic E-state index is 4.38. The Bertz CT molecular complexity index is 490. The van der Waals surface area contributed by atoms with E-state index >= 15 is 0 Å². The number of pyridine rings is 1. The highest BCUT2D eigenvalue weighted by atomic mass is 32.1. The van der Waals surface area contributed by atoms with Crippen molar-refractivity contribution in [3.05, 3.63) is 51.5 Å². The second-order valence-corrected chi connectivity index (χ2v) is 5.27. The standard InChI is InChI=1S/C14H18N2S/c1-4-15-14(12-8-10(2)17-9-12)13-6-5-7-16-11(13)3/h5-9,14-15H,4H2,1-3H3. The first-order valence-electron chi connectivity index (χ1n) is 5.92. The third kappa shape index (κ3) is 2.73. The number of aromatic nitrogens is 1. The van der Waals surface area contributed by atoms with Crippen molar-refractivity contribution in [1.82, 2.24) is 10.3 Å². The van der Waals surface area contributed by atoms with Crippen LogP contribution in [0.3, 0.4) is 0 Å². The van der Waals surface area contributed by atoms with E-state index in [1.807, 2.05) is 12.3 Å². The van der Waals surface area contributed by atoms with Gasteiger partial charge in [0.2, 0.25) is 0 Å². The fourth-order valence-corrected chi connectivity index (χ4v) is 2.76. The second-order valence-electron chi connectivity index (χ2n) is 4.16. The molecule has 2 heterocycles. The van der Waals surface area contributed by atoms with Gasteiger partial charge in [-0.2, -0.15) is 0 Å².